The van der Waals surface area contributed by atoms with E-state index in [1.54, 1.807) is 0 Å². The summed E-state index contributed by atoms with van der Waals surface area (Å²) in [6.07, 6.45) is -3.33. The maximum atomic E-state index is 12.9. The molecule has 0 spiro atoms. The van der Waals surface area contributed by atoms with E-state index < -0.39 is 47.1 Å². The maximum absolute atomic E-state index is 12.9. The number of anilines is 1. The van der Waals surface area contributed by atoms with Crippen LogP contribution in [0, 0.1) is 0 Å². The molecule has 1 heterocycles. The van der Waals surface area contributed by atoms with E-state index in [1.165, 1.54) is 24.3 Å². The van der Waals surface area contributed by atoms with Crippen LogP contribution < -0.4 is 5.32 Å². The van der Waals surface area contributed by atoms with E-state index >= 15 is 0 Å². The van der Waals surface area contributed by atoms with E-state index in [0.717, 1.165) is 17.0 Å². The quantitative estimate of drug-likeness (QED) is 0.395. The average molecular weight is 467 g/mol. The highest BCUT2D eigenvalue weighted by molar-refractivity contribution is 6.31. The zero-order valence-electron chi connectivity index (χ0n) is 16.2. The third-order valence-corrected chi connectivity index (χ3v) is 4.74. The number of hydrogen-bond donors (Lipinski definition) is 1. The summed E-state index contributed by atoms with van der Waals surface area (Å²) in [5.41, 5.74) is -1.27. The van der Waals surface area contributed by atoms with Crippen molar-refractivity contribution in [3.63, 3.8) is 0 Å². The number of amides is 3. The number of nitrogens with one attached hydrogen (secondary N) is 1. The van der Waals surface area contributed by atoms with Crippen LogP contribution in [0.3, 0.4) is 0 Å². The first-order valence-electron chi connectivity index (χ1n) is 8.97. The van der Waals surface area contributed by atoms with Crippen LogP contribution in [0.4, 0.5) is 18.9 Å². The molecule has 3 rings (SSSR count). The summed E-state index contributed by atoms with van der Waals surface area (Å²) in [4.78, 5) is 49.7. The summed E-state index contributed by atoms with van der Waals surface area (Å²) in [7, 11) is 0. The first kappa shape index (κ1) is 23.0. The lowest BCUT2D eigenvalue weighted by atomic mass is 10.1. The van der Waals surface area contributed by atoms with Gasteiger partial charge in [0.2, 0.25) is 0 Å². The van der Waals surface area contributed by atoms with Gasteiger partial charge in [-0.25, -0.2) is 4.79 Å². The molecule has 166 valence electrons. The standard InChI is InChI=1S/C21H14ClF3N2O5/c1-2-7-27-18(29)13-5-3-11(8-14(13)19(27)30)20(31)32-10-17(28)26-12-4-6-16(22)15(9-12)21(23,24)25/h2-6,8-9H,1,7,10H2,(H,26,28). The summed E-state index contributed by atoms with van der Waals surface area (Å²) < 4.78 is 43.6. The van der Waals surface area contributed by atoms with Gasteiger partial charge in [-0.3, -0.25) is 19.3 Å². The fourth-order valence-electron chi connectivity index (χ4n) is 2.94. The molecule has 0 bridgehead atoms. The Morgan fingerprint density at radius 1 is 1.09 bits per heavy atom. The molecule has 1 aliphatic heterocycles. The van der Waals surface area contributed by atoms with Gasteiger partial charge in [0, 0.05) is 12.2 Å². The summed E-state index contributed by atoms with van der Waals surface area (Å²) >= 11 is 5.52. The minimum absolute atomic E-state index is 0.00699. The van der Waals surface area contributed by atoms with E-state index in [9.17, 15) is 32.3 Å². The van der Waals surface area contributed by atoms with Crippen molar-refractivity contribution < 1.29 is 37.1 Å². The number of carbonyl (C=O) groups excluding carboxylic acids is 4. The Labute approximate surface area is 184 Å². The predicted molar refractivity (Wildman–Crippen MR) is 107 cm³/mol. The van der Waals surface area contributed by atoms with Crippen molar-refractivity contribution in [3.05, 3.63) is 76.3 Å². The third kappa shape index (κ3) is 4.65. The second-order valence-corrected chi connectivity index (χ2v) is 6.99. The van der Waals surface area contributed by atoms with Gasteiger partial charge in [-0.2, -0.15) is 13.2 Å². The van der Waals surface area contributed by atoms with E-state index in [1.807, 2.05) is 0 Å². The predicted octanol–water partition coefficient (Wildman–Crippen LogP) is 3.94. The molecule has 0 saturated carbocycles. The molecular formula is C21H14ClF3N2O5. The van der Waals surface area contributed by atoms with Crippen LogP contribution in [0.25, 0.3) is 0 Å². The van der Waals surface area contributed by atoms with E-state index in [0.29, 0.717) is 6.07 Å². The van der Waals surface area contributed by atoms with Crippen LogP contribution in [0.1, 0.15) is 36.6 Å². The summed E-state index contributed by atoms with van der Waals surface area (Å²) in [5.74, 6) is -2.97. The highest BCUT2D eigenvalue weighted by Gasteiger charge is 2.35. The molecule has 11 heteroatoms. The highest BCUT2D eigenvalue weighted by atomic mass is 35.5. The van der Waals surface area contributed by atoms with Crippen molar-refractivity contribution >= 4 is 41.0 Å². The van der Waals surface area contributed by atoms with Gasteiger partial charge in [-0.15, -0.1) is 6.58 Å². The number of nitrogens with zero attached hydrogens (tertiary/aromatic N) is 1. The number of alkyl halides is 3. The molecule has 3 amide bonds. The molecule has 1 aliphatic rings. The molecule has 0 aromatic heterocycles. The molecule has 0 unspecified atom stereocenters. The van der Waals surface area contributed by atoms with Crippen molar-refractivity contribution in [2.75, 3.05) is 18.5 Å². The number of hydrogen-bond acceptors (Lipinski definition) is 5. The van der Waals surface area contributed by atoms with Gasteiger partial charge in [-0.05, 0) is 36.4 Å². The monoisotopic (exact) mass is 466 g/mol. The van der Waals surface area contributed by atoms with Crippen LogP contribution in [0.15, 0.2) is 49.1 Å². The van der Waals surface area contributed by atoms with Crippen LogP contribution in [0.2, 0.25) is 5.02 Å². The summed E-state index contributed by atoms with van der Waals surface area (Å²) in [6.45, 7) is 2.68. The molecule has 0 saturated heterocycles. The summed E-state index contributed by atoms with van der Waals surface area (Å²) in [5, 5.41) is 1.64. The number of esters is 1. The van der Waals surface area contributed by atoms with E-state index in [2.05, 4.69) is 11.9 Å². The Morgan fingerprint density at radius 2 is 1.78 bits per heavy atom. The third-order valence-electron chi connectivity index (χ3n) is 4.41. The maximum Gasteiger partial charge on any atom is 0.417 e. The molecule has 7 nitrogen and oxygen atoms in total. The molecule has 0 aliphatic carbocycles. The normalized spacial score (nSPS) is 13.1. The zero-order valence-corrected chi connectivity index (χ0v) is 16.9. The highest BCUT2D eigenvalue weighted by Crippen LogP contribution is 2.36. The number of rotatable bonds is 6. The van der Waals surface area contributed by atoms with Gasteiger partial charge in [0.05, 0.1) is 27.3 Å². The van der Waals surface area contributed by atoms with Crippen LogP contribution in [0.5, 0.6) is 0 Å². The fraction of sp³-hybridized carbons (Fsp3) is 0.143. The number of carbonyl (C=O) groups is 4. The molecule has 32 heavy (non-hydrogen) atoms. The van der Waals surface area contributed by atoms with Crippen molar-refractivity contribution in [1.29, 1.82) is 0 Å². The Morgan fingerprint density at radius 3 is 2.44 bits per heavy atom. The van der Waals surface area contributed by atoms with Crippen molar-refractivity contribution in [2.24, 2.45) is 0 Å². The fourth-order valence-corrected chi connectivity index (χ4v) is 3.17. The first-order chi connectivity index (χ1) is 15.0. The van der Waals surface area contributed by atoms with Crippen molar-refractivity contribution in [3.8, 4) is 0 Å². The average Bonchev–Trinajstić information content (AvgIpc) is 2.97. The number of ether oxygens (including phenoxy) is 1. The number of benzene rings is 2. The zero-order chi connectivity index (χ0) is 23.6. The number of imide groups is 1. The minimum Gasteiger partial charge on any atom is -0.452 e. The van der Waals surface area contributed by atoms with Crippen LogP contribution in [-0.4, -0.2) is 41.7 Å². The van der Waals surface area contributed by atoms with Gasteiger partial charge in [-0.1, -0.05) is 17.7 Å². The van der Waals surface area contributed by atoms with E-state index in [-0.39, 0.29) is 28.9 Å². The van der Waals surface area contributed by atoms with Crippen molar-refractivity contribution in [1.82, 2.24) is 4.90 Å². The smallest absolute Gasteiger partial charge is 0.417 e. The lowest BCUT2D eigenvalue weighted by Crippen LogP contribution is -2.29. The SMILES string of the molecule is C=CCN1C(=O)c2ccc(C(=O)OCC(=O)Nc3ccc(Cl)c(C(F)(F)F)c3)cc2C1=O. The Hall–Kier alpha value is -3.66. The Balaban J connectivity index is 1.65. The van der Waals surface area contributed by atoms with Gasteiger partial charge < -0.3 is 10.1 Å². The number of halogens is 4. The van der Waals surface area contributed by atoms with Crippen molar-refractivity contribution in [2.45, 2.75) is 6.18 Å². The van der Waals surface area contributed by atoms with Gasteiger partial charge in [0.25, 0.3) is 17.7 Å². The second kappa shape index (κ2) is 8.83. The molecular weight excluding hydrogens is 453 g/mol. The molecule has 2 aromatic rings. The molecule has 0 fully saturated rings. The van der Waals surface area contributed by atoms with E-state index in [4.69, 9.17) is 16.3 Å². The first-order valence-corrected chi connectivity index (χ1v) is 9.35. The lowest BCUT2D eigenvalue weighted by Gasteiger charge is -2.12. The second-order valence-electron chi connectivity index (χ2n) is 6.59. The largest absolute Gasteiger partial charge is 0.452 e. The minimum atomic E-state index is -4.71. The Bertz CT molecular complexity index is 1150. The van der Waals surface area contributed by atoms with Crippen LogP contribution in [-0.2, 0) is 15.7 Å². The number of fused-ring (bicyclic) bond motifs is 1. The molecule has 2 aromatic carbocycles. The lowest BCUT2D eigenvalue weighted by molar-refractivity contribution is -0.137. The Kier molecular flexibility index (Phi) is 6.35. The topological polar surface area (TPSA) is 92.8 Å². The molecule has 0 radical (unpaired) electrons. The molecule has 1 N–H and O–H groups in total. The van der Waals surface area contributed by atoms with Gasteiger partial charge in [0.1, 0.15) is 0 Å². The molecule has 0 atom stereocenters. The van der Waals surface area contributed by atoms with Crippen LogP contribution >= 0.6 is 11.6 Å². The van der Waals surface area contributed by atoms with Gasteiger partial charge >= 0.3 is 12.1 Å². The summed E-state index contributed by atoms with van der Waals surface area (Å²) in [6, 6.07) is 6.52. The van der Waals surface area contributed by atoms with Gasteiger partial charge in [0.15, 0.2) is 6.61 Å².